The molecule has 0 saturated heterocycles. The van der Waals surface area contributed by atoms with E-state index in [0.29, 0.717) is 11.4 Å². The van der Waals surface area contributed by atoms with Crippen molar-refractivity contribution >= 4 is 34.5 Å². The summed E-state index contributed by atoms with van der Waals surface area (Å²) in [6.45, 7) is 1.72. The van der Waals surface area contributed by atoms with Gasteiger partial charge in [-0.25, -0.2) is 22.5 Å². The highest BCUT2D eigenvalue weighted by Crippen LogP contribution is 2.34. The Bertz CT molecular complexity index is 1040. The number of nitrogens with zero attached hydrogens (tertiary/aromatic N) is 1. The number of anilines is 1. The van der Waals surface area contributed by atoms with Crippen LogP contribution in [0.3, 0.4) is 0 Å². The first-order chi connectivity index (χ1) is 13.3. The van der Waals surface area contributed by atoms with Crippen LogP contribution in [-0.2, 0) is 6.42 Å². The highest BCUT2D eigenvalue weighted by atomic mass is 35.5. The van der Waals surface area contributed by atoms with E-state index in [-0.39, 0.29) is 26.7 Å². The summed E-state index contributed by atoms with van der Waals surface area (Å²) in [6.07, 6.45) is -2.56. The third kappa shape index (κ3) is 4.02. The maximum Gasteiger partial charge on any atom is 0.282 e. The number of rotatable bonds is 5. The molecule has 0 atom stereocenters. The summed E-state index contributed by atoms with van der Waals surface area (Å²) in [5.41, 5.74) is -0.442. The largest absolute Gasteiger partial charge is 0.318 e. The van der Waals surface area contributed by atoms with Crippen molar-refractivity contribution in [2.75, 3.05) is 5.32 Å². The molecule has 0 spiro atoms. The maximum absolute atomic E-state index is 14.4. The molecule has 0 bridgehead atoms. The summed E-state index contributed by atoms with van der Waals surface area (Å²) in [6, 6.07) is 7.82. The number of para-hydroxylation sites is 1. The number of hydrogen-bond acceptors (Lipinski definition) is 3. The van der Waals surface area contributed by atoms with Crippen molar-refractivity contribution in [3.63, 3.8) is 0 Å². The second-order valence-corrected chi connectivity index (χ2v) is 7.21. The summed E-state index contributed by atoms with van der Waals surface area (Å²) >= 11 is 6.50. The Morgan fingerprint density at radius 3 is 2.61 bits per heavy atom. The summed E-state index contributed by atoms with van der Waals surface area (Å²) in [5, 5.41) is 2.59. The van der Waals surface area contributed by atoms with Crippen molar-refractivity contribution in [3.8, 4) is 11.1 Å². The van der Waals surface area contributed by atoms with Gasteiger partial charge in [0.1, 0.15) is 22.2 Å². The van der Waals surface area contributed by atoms with E-state index in [9.17, 15) is 22.4 Å². The van der Waals surface area contributed by atoms with E-state index in [2.05, 4.69) is 10.3 Å². The van der Waals surface area contributed by atoms with E-state index >= 15 is 0 Å². The molecule has 0 unspecified atom stereocenters. The van der Waals surface area contributed by atoms with Crippen molar-refractivity contribution in [1.29, 1.82) is 0 Å². The van der Waals surface area contributed by atoms with Gasteiger partial charge >= 0.3 is 0 Å². The van der Waals surface area contributed by atoms with Crippen molar-refractivity contribution in [2.24, 2.45) is 0 Å². The highest BCUT2D eigenvalue weighted by Gasteiger charge is 2.25. The fraction of sp³-hybridized carbons (Fsp3) is 0.158. The number of halogens is 5. The van der Waals surface area contributed by atoms with Gasteiger partial charge in [0, 0.05) is 5.56 Å². The summed E-state index contributed by atoms with van der Waals surface area (Å²) in [5.74, 6) is -2.41. The molecule has 146 valence electrons. The highest BCUT2D eigenvalue weighted by molar-refractivity contribution is 7.14. The lowest BCUT2D eigenvalue weighted by Gasteiger charge is -2.13. The minimum atomic E-state index is -2.94. The monoisotopic (exact) mass is 428 g/mol. The van der Waals surface area contributed by atoms with E-state index in [4.69, 9.17) is 11.6 Å². The molecule has 1 heterocycles. The van der Waals surface area contributed by atoms with Gasteiger partial charge in [-0.2, -0.15) is 0 Å². The van der Waals surface area contributed by atoms with Gasteiger partial charge in [0.15, 0.2) is 0 Å². The standard InChI is InChI=1S/C19H13ClF4N2OS/c1-2-14-25-16(18(23)24)17(28-14)19(27)26-15-10(4-3-5-12(15)21)9-6-7-11(20)13(22)8-9/h3-8,18H,2H2,1H3,(H,26,27). The van der Waals surface area contributed by atoms with Crippen molar-refractivity contribution in [1.82, 2.24) is 4.98 Å². The zero-order chi connectivity index (χ0) is 20.4. The summed E-state index contributed by atoms with van der Waals surface area (Å²) in [7, 11) is 0. The summed E-state index contributed by atoms with van der Waals surface area (Å²) < 4.78 is 54.7. The first kappa shape index (κ1) is 20.3. The Morgan fingerprint density at radius 2 is 1.96 bits per heavy atom. The van der Waals surface area contributed by atoms with Crippen LogP contribution in [0.2, 0.25) is 5.02 Å². The molecule has 0 saturated carbocycles. The van der Waals surface area contributed by atoms with Crippen LogP contribution in [0.1, 0.15) is 33.7 Å². The van der Waals surface area contributed by atoms with Gasteiger partial charge in [-0.1, -0.05) is 36.7 Å². The predicted octanol–water partition coefficient (Wildman–Crippen LogP) is 6.49. The molecule has 1 aromatic heterocycles. The van der Waals surface area contributed by atoms with E-state index in [0.717, 1.165) is 23.5 Å². The SMILES string of the molecule is CCc1nc(C(F)F)c(C(=O)Nc2c(F)cccc2-c2ccc(Cl)c(F)c2)s1. The van der Waals surface area contributed by atoms with Gasteiger partial charge in [0.25, 0.3) is 12.3 Å². The Kier molecular flexibility index (Phi) is 6.00. The molecule has 3 rings (SSSR count). The van der Waals surface area contributed by atoms with E-state index in [1.54, 1.807) is 6.92 Å². The molecule has 0 aliphatic heterocycles. The molecule has 0 radical (unpaired) electrons. The van der Waals surface area contributed by atoms with E-state index < -0.39 is 29.7 Å². The van der Waals surface area contributed by atoms with Crippen LogP contribution in [0.4, 0.5) is 23.2 Å². The van der Waals surface area contributed by atoms with Crippen LogP contribution >= 0.6 is 22.9 Å². The topological polar surface area (TPSA) is 42.0 Å². The van der Waals surface area contributed by atoms with Gasteiger partial charge in [0.2, 0.25) is 0 Å². The van der Waals surface area contributed by atoms with E-state index in [1.807, 2.05) is 0 Å². The van der Waals surface area contributed by atoms with Crippen LogP contribution in [0.15, 0.2) is 36.4 Å². The number of carbonyl (C=O) groups is 1. The quantitative estimate of drug-likeness (QED) is 0.472. The molecule has 0 aliphatic rings. The van der Waals surface area contributed by atoms with Gasteiger partial charge in [-0.3, -0.25) is 4.79 Å². The number of carbonyl (C=O) groups excluding carboxylic acids is 1. The molecule has 1 N–H and O–H groups in total. The van der Waals surface area contributed by atoms with Gasteiger partial charge in [0.05, 0.1) is 15.7 Å². The van der Waals surface area contributed by atoms with E-state index in [1.165, 1.54) is 24.3 Å². The normalized spacial score (nSPS) is 11.1. The first-order valence-electron chi connectivity index (χ1n) is 8.14. The molecular formula is C19H13ClF4N2OS. The fourth-order valence-corrected chi connectivity index (χ4v) is 3.59. The Labute approximate surface area is 167 Å². The zero-order valence-electron chi connectivity index (χ0n) is 14.4. The van der Waals surface area contributed by atoms with Crippen molar-refractivity contribution in [2.45, 2.75) is 19.8 Å². The third-order valence-corrected chi connectivity index (χ3v) is 5.42. The number of nitrogens with one attached hydrogen (secondary N) is 1. The number of thiazole rings is 1. The molecular weight excluding hydrogens is 416 g/mol. The molecule has 3 aromatic rings. The van der Waals surface area contributed by atoms with Crippen LogP contribution in [0.25, 0.3) is 11.1 Å². The number of hydrogen-bond donors (Lipinski definition) is 1. The lowest BCUT2D eigenvalue weighted by atomic mass is 10.0. The van der Waals surface area contributed by atoms with Crippen LogP contribution in [-0.4, -0.2) is 10.9 Å². The maximum atomic E-state index is 14.4. The Morgan fingerprint density at radius 1 is 1.21 bits per heavy atom. The molecule has 2 aromatic carbocycles. The molecule has 9 heteroatoms. The number of aromatic nitrogens is 1. The average molecular weight is 429 g/mol. The third-order valence-electron chi connectivity index (χ3n) is 3.90. The predicted molar refractivity (Wildman–Crippen MR) is 101 cm³/mol. The molecule has 0 aliphatic carbocycles. The first-order valence-corrected chi connectivity index (χ1v) is 9.34. The number of benzene rings is 2. The van der Waals surface area contributed by atoms with Gasteiger partial charge < -0.3 is 5.32 Å². The Hall–Kier alpha value is -2.45. The minimum Gasteiger partial charge on any atom is -0.318 e. The van der Waals surface area contributed by atoms with Crippen molar-refractivity contribution < 1.29 is 22.4 Å². The number of aryl methyl sites for hydroxylation is 1. The van der Waals surface area contributed by atoms with Crippen LogP contribution in [0, 0.1) is 11.6 Å². The molecule has 3 nitrogen and oxygen atoms in total. The summed E-state index contributed by atoms with van der Waals surface area (Å²) in [4.78, 5) is 16.1. The van der Waals surface area contributed by atoms with Crippen LogP contribution < -0.4 is 5.32 Å². The Balaban J connectivity index is 2.02. The van der Waals surface area contributed by atoms with Crippen LogP contribution in [0.5, 0.6) is 0 Å². The molecule has 0 fully saturated rings. The fourth-order valence-electron chi connectivity index (χ4n) is 2.57. The molecule has 28 heavy (non-hydrogen) atoms. The number of amides is 1. The average Bonchev–Trinajstić information content (AvgIpc) is 3.10. The lowest BCUT2D eigenvalue weighted by Crippen LogP contribution is -2.14. The van der Waals surface area contributed by atoms with Gasteiger partial charge in [-0.15, -0.1) is 11.3 Å². The lowest BCUT2D eigenvalue weighted by molar-refractivity contribution is 0.101. The smallest absolute Gasteiger partial charge is 0.282 e. The zero-order valence-corrected chi connectivity index (χ0v) is 16.0. The van der Waals surface area contributed by atoms with Crippen molar-refractivity contribution in [3.05, 3.63) is 68.6 Å². The molecule has 1 amide bonds. The number of alkyl halides is 2. The minimum absolute atomic E-state index is 0.107. The second kappa shape index (κ2) is 8.28. The van der Waals surface area contributed by atoms with Gasteiger partial charge in [-0.05, 0) is 30.2 Å². The second-order valence-electron chi connectivity index (χ2n) is 5.72.